The number of hydrogen-bond acceptors (Lipinski definition) is 10. The standard InChI is InChI=1S/C29H30N2O9S/c1-5-38-22-14-18(10-11-21(22)40-16-24(32)33)15-23-27(34)31-26(19-8-6-7-9-20(19)37-4)25(17(2)30-29(31)41-23)28(35)39-13-12-36-3/h6-11,14-15,26H,5,12-13,16H2,1-4H3,(H,32,33). The molecule has 1 aliphatic heterocycles. The van der Waals surface area contributed by atoms with Crippen LogP contribution in [0.15, 0.2) is 63.5 Å². The third kappa shape index (κ3) is 6.50. The van der Waals surface area contributed by atoms with E-state index in [1.165, 1.54) is 30.1 Å². The lowest BCUT2D eigenvalue weighted by Crippen LogP contribution is -2.40. The zero-order valence-electron chi connectivity index (χ0n) is 23.0. The first kappa shape index (κ1) is 29.6. The van der Waals surface area contributed by atoms with Gasteiger partial charge in [-0.1, -0.05) is 35.6 Å². The zero-order chi connectivity index (χ0) is 29.5. The summed E-state index contributed by atoms with van der Waals surface area (Å²) in [5.74, 6) is -0.594. The number of carbonyl (C=O) groups excluding carboxylic acids is 1. The van der Waals surface area contributed by atoms with Crippen LogP contribution < -0.4 is 29.1 Å². The summed E-state index contributed by atoms with van der Waals surface area (Å²) in [7, 11) is 3.03. The minimum atomic E-state index is -1.11. The number of aromatic nitrogens is 1. The third-order valence-electron chi connectivity index (χ3n) is 6.11. The molecule has 4 rings (SSSR count). The van der Waals surface area contributed by atoms with Gasteiger partial charge in [-0.25, -0.2) is 14.6 Å². The molecule has 2 aromatic carbocycles. The first-order valence-corrected chi connectivity index (χ1v) is 13.5. The second kappa shape index (κ2) is 13.3. The summed E-state index contributed by atoms with van der Waals surface area (Å²) in [6, 6.07) is 11.3. The predicted octanol–water partition coefficient (Wildman–Crippen LogP) is 2.30. The average molecular weight is 583 g/mol. The van der Waals surface area contributed by atoms with E-state index in [2.05, 4.69) is 4.99 Å². The number of benzene rings is 2. The number of nitrogens with zero attached hydrogens (tertiary/aromatic N) is 2. The number of allylic oxidation sites excluding steroid dienone is 1. The highest BCUT2D eigenvalue weighted by atomic mass is 32.1. The number of carboxylic acid groups (broad SMARTS) is 1. The van der Waals surface area contributed by atoms with Crippen LogP contribution in [0.5, 0.6) is 17.2 Å². The maximum absolute atomic E-state index is 13.9. The Labute approximate surface area is 239 Å². The van der Waals surface area contributed by atoms with Crippen LogP contribution in [0.25, 0.3) is 6.08 Å². The summed E-state index contributed by atoms with van der Waals surface area (Å²) in [6.07, 6.45) is 1.68. The molecule has 1 aromatic heterocycles. The van der Waals surface area contributed by atoms with E-state index in [0.717, 1.165) is 0 Å². The molecule has 0 saturated carbocycles. The lowest BCUT2D eigenvalue weighted by Gasteiger charge is -2.26. The van der Waals surface area contributed by atoms with Crippen molar-refractivity contribution in [3.63, 3.8) is 0 Å². The maximum atomic E-state index is 13.9. The second-order valence-corrected chi connectivity index (χ2v) is 9.78. The Bertz CT molecular complexity index is 1660. The molecule has 1 unspecified atom stereocenters. The topological polar surface area (TPSA) is 135 Å². The Hall–Kier alpha value is -4.42. The maximum Gasteiger partial charge on any atom is 0.341 e. The number of hydrogen-bond donors (Lipinski definition) is 1. The number of rotatable bonds is 12. The number of carboxylic acids is 1. The van der Waals surface area contributed by atoms with Crippen molar-refractivity contribution in [2.45, 2.75) is 19.9 Å². The van der Waals surface area contributed by atoms with E-state index >= 15 is 0 Å². The molecule has 0 bridgehead atoms. The largest absolute Gasteiger partial charge is 0.496 e. The molecule has 0 aliphatic carbocycles. The minimum Gasteiger partial charge on any atom is -0.496 e. The van der Waals surface area contributed by atoms with Gasteiger partial charge in [-0.2, -0.15) is 0 Å². The summed E-state index contributed by atoms with van der Waals surface area (Å²) in [5, 5.41) is 8.96. The third-order valence-corrected chi connectivity index (χ3v) is 7.10. The number of methoxy groups -OCH3 is 2. The molecule has 1 atom stereocenters. The van der Waals surface area contributed by atoms with Gasteiger partial charge >= 0.3 is 11.9 Å². The van der Waals surface area contributed by atoms with Gasteiger partial charge in [-0.3, -0.25) is 9.36 Å². The van der Waals surface area contributed by atoms with Gasteiger partial charge in [-0.05, 0) is 43.7 Å². The molecule has 11 nitrogen and oxygen atoms in total. The molecule has 41 heavy (non-hydrogen) atoms. The Morgan fingerprint density at radius 2 is 1.85 bits per heavy atom. The molecule has 216 valence electrons. The summed E-state index contributed by atoms with van der Waals surface area (Å²) in [5.41, 5.74) is 1.53. The summed E-state index contributed by atoms with van der Waals surface area (Å²) in [4.78, 5) is 43.2. The van der Waals surface area contributed by atoms with E-state index in [0.29, 0.717) is 44.3 Å². The van der Waals surface area contributed by atoms with E-state index in [9.17, 15) is 14.4 Å². The van der Waals surface area contributed by atoms with Gasteiger partial charge in [0, 0.05) is 12.7 Å². The first-order valence-electron chi connectivity index (χ1n) is 12.7. The van der Waals surface area contributed by atoms with E-state index in [1.54, 1.807) is 62.4 Å². The van der Waals surface area contributed by atoms with Crippen molar-refractivity contribution in [3.05, 3.63) is 84.5 Å². The Balaban J connectivity index is 1.85. The van der Waals surface area contributed by atoms with Gasteiger partial charge in [0.05, 0.1) is 36.1 Å². The van der Waals surface area contributed by atoms with E-state index in [4.69, 9.17) is 28.8 Å². The van der Waals surface area contributed by atoms with Crippen LogP contribution in [0.1, 0.15) is 31.0 Å². The molecule has 0 spiro atoms. The van der Waals surface area contributed by atoms with Crippen molar-refractivity contribution in [1.29, 1.82) is 0 Å². The molecular formula is C29H30N2O9S. The first-order chi connectivity index (χ1) is 19.8. The van der Waals surface area contributed by atoms with Crippen LogP contribution in [0.4, 0.5) is 0 Å². The summed E-state index contributed by atoms with van der Waals surface area (Å²) < 4.78 is 28.9. The van der Waals surface area contributed by atoms with Crippen molar-refractivity contribution in [2.75, 3.05) is 40.6 Å². The molecule has 0 fully saturated rings. The normalized spacial score (nSPS) is 14.7. The average Bonchev–Trinajstić information content (AvgIpc) is 3.25. The Morgan fingerprint density at radius 1 is 1.07 bits per heavy atom. The van der Waals surface area contributed by atoms with Gasteiger partial charge in [0.15, 0.2) is 22.9 Å². The highest BCUT2D eigenvalue weighted by molar-refractivity contribution is 7.07. The van der Waals surface area contributed by atoms with Crippen LogP contribution in [-0.4, -0.2) is 62.3 Å². The van der Waals surface area contributed by atoms with Crippen molar-refractivity contribution in [2.24, 2.45) is 4.99 Å². The number of para-hydroxylation sites is 1. The molecule has 0 saturated heterocycles. The SMILES string of the molecule is CCOc1cc(C=c2sc3n(c2=O)C(c2ccccc2OC)C(C(=O)OCCOC)=C(C)N=3)ccc1OCC(=O)O. The minimum absolute atomic E-state index is 0.0452. The molecular weight excluding hydrogens is 552 g/mol. The smallest absolute Gasteiger partial charge is 0.341 e. The quantitative estimate of drug-likeness (QED) is 0.252. The molecule has 0 radical (unpaired) electrons. The van der Waals surface area contributed by atoms with Crippen molar-refractivity contribution < 1.29 is 38.4 Å². The van der Waals surface area contributed by atoms with E-state index in [-0.39, 0.29) is 30.1 Å². The van der Waals surface area contributed by atoms with Crippen molar-refractivity contribution >= 4 is 29.4 Å². The molecule has 2 heterocycles. The molecule has 1 aliphatic rings. The Kier molecular flexibility index (Phi) is 9.58. The lowest BCUT2D eigenvalue weighted by molar-refractivity contribution is -0.141. The van der Waals surface area contributed by atoms with Crippen LogP contribution in [-0.2, 0) is 19.1 Å². The van der Waals surface area contributed by atoms with Crippen LogP contribution in [0.2, 0.25) is 0 Å². The van der Waals surface area contributed by atoms with E-state index in [1.807, 2.05) is 0 Å². The fraction of sp³-hybridized carbons (Fsp3) is 0.310. The van der Waals surface area contributed by atoms with Gasteiger partial charge in [0.1, 0.15) is 18.4 Å². The monoisotopic (exact) mass is 582 g/mol. The van der Waals surface area contributed by atoms with Crippen LogP contribution in [0, 0.1) is 0 Å². The molecule has 3 aromatic rings. The highest BCUT2D eigenvalue weighted by Gasteiger charge is 2.35. The number of ether oxygens (including phenoxy) is 5. The lowest BCUT2D eigenvalue weighted by atomic mass is 9.95. The van der Waals surface area contributed by atoms with Crippen molar-refractivity contribution in [3.8, 4) is 17.2 Å². The van der Waals surface area contributed by atoms with Crippen molar-refractivity contribution in [1.82, 2.24) is 4.57 Å². The number of thiazole rings is 1. The summed E-state index contributed by atoms with van der Waals surface area (Å²) >= 11 is 1.18. The number of esters is 1. The molecule has 12 heteroatoms. The highest BCUT2D eigenvalue weighted by Crippen LogP contribution is 2.35. The van der Waals surface area contributed by atoms with Crippen LogP contribution in [0.3, 0.4) is 0 Å². The van der Waals surface area contributed by atoms with Gasteiger partial charge < -0.3 is 28.8 Å². The van der Waals surface area contributed by atoms with Gasteiger partial charge in [-0.15, -0.1) is 0 Å². The van der Waals surface area contributed by atoms with Gasteiger partial charge in [0.25, 0.3) is 5.56 Å². The van der Waals surface area contributed by atoms with E-state index < -0.39 is 24.6 Å². The Morgan fingerprint density at radius 3 is 2.56 bits per heavy atom. The second-order valence-electron chi connectivity index (χ2n) is 8.77. The predicted molar refractivity (Wildman–Crippen MR) is 150 cm³/mol. The number of carbonyl (C=O) groups is 2. The van der Waals surface area contributed by atoms with Crippen LogP contribution >= 0.6 is 11.3 Å². The fourth-order valence-corrected chi connectivity index (χ4v) is 5.40. The number of fused-ring (bicyclic) bond motifs is 1. The van der Waals surface area contributed by atoms with Gasteiger partial charge in [0.2, 0.25) is 0 Å². The molecule has 0 amide bonds. The summed E-state index contributed by atoms with van der Waals surface area (Å²) in [6.45, 7) is 3.58. The number of aliphatic carboxylic acids is 1. The zero-order valence-corrected chi connectivity index (χ0v) is 23.9. The fourth-order valence-electron chi connectivity index (χ4n) is 4.36. The molecule has 1 N–H and O–H groups in total.